The Morgan fingerprint density at radius 3 is 2.09 bits per heavy atom. The van der Waals surface area contributed by atoms with E-state index in [1.807, 2.05) is 48.5 Å². The van der Waals surface area contributed by atoms with Crippen LogP contribution < -0.4 is 0 Å². The molecule has 0 radical (unpaired) electrons. The topological polar surface area (TPSA) is 32.8 Å². The first kappa shape index (κ1) is 22.9. The molecule has 5 rings (SSSR count). The van der Waals surface area contributed by atoms with Gasteiger partial charge in [-0.15, -0.1) is 0 Å². The van der Waals surface area contributed by atoms with E-state index in [-0.39, 0.29) is 18.2 Å². The molecule has 5 heteroatoms. The second kappa shape index (κ2) is 10.2. The number of ether oxygens (including phenoxy) is 1. The molecule has 0 N–H and O–H groups in total. The van der Waals surface area contributed by atoms with Crippen LogP contribution in [0.2, 0.25) is 0 Å². The number of hydrogen-bond acceptors (Lipinski definition) is 3. The molecule has 0 bridgehead atoms. The summed E-state index contributed by atoms with van der Waals surface area (Å²) in [6, 6.07) is 28.4. The van der Waals surface area contributed by atoms with Crippen LogP contribution in [0.4, 0.5) is 4.79 Å². The van der Waals surface area contributed by atoms with Crippen LogP contribution in [0.15, 0.2) is 95.5 Å². The van der Waals surface area contributed by atoms with Gasteiger partial charge in [0, 0.05) is 11.0 Å². The van der Waals surface area contributed by atoms with Crippen LogP contribution in [0.3, 0.4) is 0 Å². The van der Waals surface area contributed by atoms with E-state index in [1.165, 1.54) is 12.0 Å². The normalized spacial score (nSPS) is 17.6. The van der Waals surface area contributed by atoms with Gasteiger partial charge in [0.25, 0.3) is 0 Å². The summed E-state index contributed by atoms with van der Waals surface area (Å²) in [5.41, 5.74) is 3.89. The molecule has 1 fully saturated rings. The summed E-state index contributed by atoms with van der Waals surface area (Å²) < 4.78 is 6.90. The fraction of sp³-hybridized carbons (Fsp3) is 0.276. The monoisotopic (exact) mass is 516 g/mol. The van der Waals surface area contributed by atoms with Gasteiger partial charge in [-0.2, -0.15) is 5.01 Å². The molecule has 1 saturated carbocycles. The fourth-order valence-electron chi connectivity index (χ4n) is 5.07. The molecule has 0 atom stereocenters. The molecule has 3 aromatic rings. The molecule has 2 aliphatic rings. The molecule has 4 nitrogen and oxygen atoms in total. The fourth-order valence-corrected chi connectivity index (χ4v) is 5.34. The van der Waals surface area contributed by atoms with E-state index in [0.29, 0.717) is 6.54 Å². The summed E-state index contributed by atoms with van der Waals surface area (Å²) in [6.45, 7) is 0.897. The second-order valence-electron chi connectivity index (χ2n) is 9.10. The first-order chi connectivity index (χ1) is 16.6. The Morgan fingerprint density at radius 1 is 0.824 bits per heavy atom. The van der Waals surface area contributed by atoms with E-state index in [0.717, 1.165) is 47.0 Å². The number of carbonyl (C=O) groups is 1. The van der Waals surface area contributed by atoms with Crippen molar-refractivity contribution in [2.45, 2.75) is 50.8 Å². The third-order valence-corrected chi connectivity index (χ3v) is 7.33. The third kappa shape index (κ3) is 4.82. The van der Waals surface area contributed by atoms with Gasteiger partial charge in [-0.25, -0.2) is 9.80 Å². The summed E-state index contributed by atoms with van der Waals surface area (Å²) in [4.78, 5) is 13.7. The zero-order valence-corrected chi connectivity index (χ0v) is 20.8. The summed E-state index contributed by atoms with van der Waals surface area (Å²) in [5, 5.41) is 4.05. The van der Waals surface area contributed by atoms with E-state index < -0.39 is 0 Å². The van der Waals surface area contributed by atoms with Crippen molar-refractivity contribution in [3.63, 3.8) is 0 Å². The molecule has 1 amide bonds. The Morgan fingerprint density at radius 2 is 1.44 bits per heavy atom. The summed E-state index contributed by atoms with van der Waals surface area (Å²) in [5.74, 6) is 0. The van der Waals surface area contributed by atoms with Crippen LogP contribution in [0, 0.1) is 0 Å². The number of hydrogen-bond donors (Lipinski definition) is 0. The average Bonchev–Trinajstić information content (AvgIpc) is 3.17. The number of nitrogens with zero attached hydrogens (tertiary/aromatic N) is 2. The van der Waals surface area contributed by atoms with Crippen molar-refractivity contribution < 1.29 is 9.53 Å². The van der Waals surface area contributed by atoms with E-state index in [2.05, 4.69) is 63.4 Å². The molecule has 174 valence electrons. The van der Waals surface area contributed by atoms with Gasteiger partial charge in [0.15, 0.2) is 0 Å². The van der Waals surface area contributed by atoms with E-state index >= 15 is 0 Å². The van der Waals surface area contributed by atoms with Crippen molar-refractivity contribution in [1.29, 1.82) is 0 Å². The maximum atomic E-state index is 13.7. The first-order valence-electron chi connectivity index (χ1n) is 12.0. The Labute approximate surface area is 209 Å². The number of hydrazine groups is 1. The Kier molecular flexibility index (Phi) is 6.84. The minimum atomic E-state index is -0.337. The lowest BCUT2D eigenvalue weighted by Gasteiger charge is -2.43. The first-order valence-corrected chi connectivity index (χ1v) is 12.8. The standard InChI is InChI=1S/C29H29BrN2O2/c30-26-16-14-25(15-17-26)27-20-29(18-8-3-9-19-29)31(21-23-10-4-1-5-11-23)32(27)28(33)34-22-24-12-6-2-7-13-24/h1-2,4-7,10-17,20H,3,8-9,18-19,21-22H2. The van der Waals surface area contributed by atoms with Crippen molar-refractivity contribution in [3.05, 3.63) is 112 Å². The van der Waals surface area contributed by atoms with Gasteiger partial charge < -0.3 is 4.74 Å². The zero-order chi connectivity index (χ0) is 23.4. The molecule has 3 aromatic carbocycles. The number of benzene rings is 3. The van der Waals surface area contributed by atoms with Crippen molar-refractivity contribution >= 4 is 27.7 Å². The minimum Gasteiger partial charge on any atom is -0.443 e. The molecule has 0 aromatic heterocycles. The predicted molar refractivity (Wildman–Crippen MR) is 138 cm³/mol. The van der Waals surface area contributed by atoms with Crippen LogP contribution in [0.1, 0.15) is 48.8 Å². The minimum absolute atomic E-state index is 0.192. The zero-order valence-electron chi connectivity index (χ0n) is 19.2. The van der Waals surface area contributed by atoms with Gasteiger partial charge in [0.05, 0.1) is 11.2 Å². The number of carbonyl (C=O) groups excluding carboxylic acids is 1. The quantitative estimate of drug-likeness (QED) is 0.350. The lowest BCUT2D eigenvalue weighted by atomic mass is 9.81. The summed E-state index contributed by atoms with van der Waals surface area (Å²) in [6.07, 6.45) is 7.59. The highest BCUT2D eigenvalue weighted by molar-refractivity contribution is 9.10. The highest BCUT2D eigenvalue weighted by Crippen LogP contribution is 2.46. The van der Waals surface area contributed by atoms with Gasteiger partial charge in [-0.3, -0.25) is 0 Å². The van der Waals surface area contributed by atoms with Crippen LogP contribution in [0.5, 0.6) is 0 Å². The molecule has 1 spiro atoms. The van der Waals surface area contributed by atoms with E-state index in [1.54, 1.807) is 5.01 Å². The maximum absolute atomic E-state index is 13.7. The number of rotatable bonds is 5. The van der Waals surface area contributed by atoms with Crippen molar-refractivity contribution in [2.24, 2.45) is 0 Å². The van der Waals surface area contributed by atoms with Crippen molar-refractivity contribution in [2.75, 3.05) is 0 Å². The highest BCUT2D eigenvalue weighted by atomic mass is 79.9. The maximum Gasteiger partial charge on any atom is 0.429 e. The predicted octanol–water partition coefficient (Wildman–Crippen LogP) is 7.56. The van der Waals surface area contributed by atoms with Crippen LogP contribution >= 0.6 is 15.9 Å². The third-order valence-electron chi connectivity index (χ3n) is 6.80. The van der Waals surface area contributed by atoms with Crippen molar-refractivity contribution in [3.8, 4) is 0 Å². The average molecular weight is 517 g/mol. The van der Waals surface area contributed by atoms with Crippen LogP contribution in [0.25, 0.3) is 5.70 Å². The summed E-state index contributed by atoms with van der Waals surface area (Å²) in [7, 11) is 0. The molecule has 1 heterocycles. The van der Waals surface area contributed by atoms with E-state index in [4.69, 9.17) is 4.74 Å². The van der Waals surface area contributed by atoms with Crippen molar-refractivity contribution in [1.82, 2.24) is 10.0 Å². The van der Waals surface area contributed by atoms with Gasteiger partial charge in [0.1, 0.15) is 6.61 Å². The molecule has 1 aliphatic heterocycles. The number of halogens is 1. The molecule has 1 aliphatic carbocycles. The lowest BCUT2D eigenvalue weighted by molar-refractivity contribution is -0.0480. The molecule has 0 saturated heterocycles. The van der Waals surface area contributed by atoms with Gasteiger partial charge >= 0.3 is 6.09 Å². The van der Waals surface area contributed by atoms with Crippen LogP contribution in [-0.2, 0) is 17.9 Å². The van der Waals surface area contributed by atoms with Gasteiger partial charge in [-0.1, -0.05) is 108 Å². The molecule has 0 unspecified atom stereocenters. The molecular weight excluding hydrogens is 488 g/mol. The Bertz CT molecular complexity index is 1140. The highest BCUT2D eigenvalue weighted by Gasteiger charge is 2.48. The molecule has 34 heavy (non-hydrogen) atoms. The molecular formula is C29H29BrN2O2. The van der Waals surface area contributed by atoms with Crippen LogP contribution in [-0.4, -0.2) is 21.6 Å². The smallest absolute Gasteiger partial charge is 0.429 e. The van der Waals surface area contributed by atoms with Gasteiger partial charge in [-0.05, 0) is 47.7 Å². The summed E-state index contributed by atoms with van der Waals surface area (Å²) >= 11 is 3.54. The number of amides is 1. The lowest BCUT2D eigenvalue weighted by Crippen LogP contribution is -2.53. The Balaban J connectivity index is 1.52. The largest absolute Gasteiger partial charge is 0.443 e. The Hall–Kier alpha value is -2.89. The van der Waals surface area contributed by atoms with E-state index in [9.17, 15) is 4.79 Å². The SMILES string of the molecule is O=C(OCc1ccccc1)N1C(c2ccc(Br)cc2)=CC2(CCCCC2)N1Cc1ccccc1. The van der Waals surface area contributed by atoms with Gasteiger partial charge in [0.2, 0.25) is 0 Å². The second-order valence-corrected chi connectivity index (χ2v) is 10.0.